The van der Waals surface area contributed by atoms with Crippen LogP contribution in [0.1, 0.15) is 67.9 Å². The Morgan fingerprint density at radius 3 is 2.28 bits per heavy atom. The second kappa shape index (κ2) is 14.9. The number of carbonyl (C=O) groups excluding carboxylic acids is 1. The summed E-state index contributed by atoms with van der Waals surface area (Å²) in [4.78, 5) is 33.0. The van der Waals surface area contributed by atoms with Crippen LogP contribution < -0.4 is 9.64 Å². The summed E-state index contributed by atoms with van der Waals surface area (Å²) in [6.45, 7) is 3.68. The summed E-state index contributed by atoms with van der Waals surface area (Å²) in [7, 11) is 5.14. The van der Waals surface area contributed by atoms with E-state index >= 15 is 0 Å². The van der Waals surface area contributed by atoms with Gasteiger partial charge in [-0.1, -0.05) is 18.2 Å². The summed E-state index contributed by atoms with van der Waals surface area (Å²) in [6.07, 6.45) is 6.35. The molecule has 4 fully saturated rings. The molecule has 3 aliphatic heterocycles. The lowest BCUT2D eigenvalue weighted by Crippen LogP contribution is -2.44. The zero-order valence-electron chi connectivity index (χ0n) is 28.0. The number of benzene rings is 2. The van der Waals surface area contributed by atoms with Crippen LogP contribution in [0.5, 0.6) is 5.75 Å². The van der Waals surface area contributed by atoms with E-state index in [-0.39, 0.29) is 41.4 Å². The molecule has 10 heteroatoms. The monoisotopic (exact) mass is 651 g/mol. The molecule has 0 bridgehead atoms. The normalized spacial score (nSPS) is 28.9. The van der Waals surface area contributed by atoms with Crippen molar-refractivity contribution >= 4 is 17.6 Å². The topological polar surface area (TPSA) is 91.8 Å². The molecule has 2 aromatic carbocycles. The van der Waals surface area contributed by atoms with Gasteiger partial charge >= 0.3 is 5.97 Å². The maximum Gasteiger partial charge on any atom is 0.306 e. The van der Waals surface area contributed by atoms with Crippen LogP contribution in [0.3, 0.4) is 0 Å². The minimum Gasteiger partial charge on any atom is -0.497 e. The molecule has 4 atom stereocenters. The van der Waals surface area contributed by atoms with Gasteiger partial charge in [0.05, 0.1) is 37.7 Å². The largest absolute Gasteiger partial charge is 0.497 e. The summed E-state index contributed by atoms with van der Waals surface area (Å²) >= 11 is 0. The number of nitrogens with zero attached hydrogens (tertiary/aromatic N) is 3. The van der Waals surface area contributed by atoms with E-state index in [0.717, 1.165) is 67.8 Å². The lowest BCUT2D eigenvalue weighted by molar-refractivity contribution is -0.142. The molecule has 4 aliphatic rings. The second-order valence-corrected chi connectivity index (χ2v) is 13.9. The van der Waals surface area contributed by atoms with E-state index in [2.05, 4.69) is 21.9 Å². The molecule has 9 nitrogen and oxygen atoms in total. The van der Waals surface area contributed by atoms with Gasteiger partial charge in [-0.3, -0.25) is 14.5 Å². The molecule has 47 heavy (non-hydrogen) atoms. The van der Waals surface area contributed by atoms with Crippen LogP contribution in [-0.2, 0) is 19.1 Å². The van der Waals surface area contributed by atoms with Crippen molar-refractivity contribution in [1.82, 2.24) is 9.80 Å². The summed E-state index contributed by atoms with van der Waals surface area (Å²) in [5.41, 5.74) is 2.99. The third-order valence-corrected chi connectivity index (χ3v) is 11.4. The van der Waals surface area contributed by atoms with Crippen molar-refractivity contribution in [2.24, 2.45) is 11.8 Å². The van der Waals surface area contributed by atoms with Gasteiger partial charge in [0, 0.05) is 70.5 Å². The number of carbonyl (C=O) groups is 2. The Hall–Kier alpha value is -3.21. The summed E-state index contributed by atoms with van der Waals surface area (Å²) in [6, 6.07) is 13.5. The summed E-state index contributed by atoms with van der Waals surface area (Å²) < 4.78 is 31.4. The van der Waals surface area contributed by atoms with E-state index < -0.39 is 5.97 Å². The number of likely N-dealkylation sites (tertiary alicyclic amines) is 2. The summed E-state index contributed by atoms with van der Waals surface area (Å²) in [5.74, 6) is -0.587. The van der Waals surface area contributed by atoms with E-state index in [4.69, 9.17) is 14.2 Å². The lowest BCUT2D eigenvalue weighted by Gasteiger charge is -2.34. The van der Waals surface area contributed by atoms with Gasteiger partial charge in [-0.2, -0.15) is 0 Å². The van der Waals surface area contributed by atoms with Crippen molar-refractivity contribution in [2.45, 2.75) is 75.0 Å². The van der Waals surface area contributed by atoms with Crippen molar-refractivity contribution in [3.63, 3.8) is 0 Å². The molecular weight excluding hydrogens is 601 g/mol. The minimum absolute atomic E-state index is 0.0214. The number of rotatable bonds is 10. The SMILES string of the molecule is COC[C@@H]1C[C@@H](c2ccc(F)cc2N2CCC(C(=O)O)CC2)CN1C(=O)C1CN([C@H]2CC[C@H](OC)CC2)C[C@H]1c1ccc(OC)cc1. The number of piperidine rings is 1. The van der Waals surface area contributed by atoms with Crippen LogP contribution in [0.15, 0.2) is 42.5 Å². The van der Waals surface area contributed by atoms with Crippen molar-refractivity contribution < 1.29 is 33.3 Å². The number of amides is 1. The number of hydrogen-bond donors (Lipinski definition) is 1. The van der Waals surface area contributed by atoms with Crippen LogP contribution in [0.2, 0.25) is 0 Å². The molecule has 1 N–H and O–H groups in total. The summed E-state index contributed by atoms with van der Waals surface area (Å²) in [5, 5.41) is 9.50. The first kappa shape index (κ1) is 33.7. The molecule has 0 radical (unpaired) electrons. The molecule has 3 heterocycles. The number of carboxylic acid groups (broad SMARTS) is 1. The predicted molar refractivity (Wildman–Crippen MR) is 178 cm³/mol. The van der Waals surface area contributed by atoms with E-state index in [1.165, 1.54) is 6.07 Å². The van der Waals surface area contributed by atoms with E-state index in [0.29, 0.717) is 51.2 Å². The Bertz CT molecular complexity index is 1370. The highest BCUT2D eigenvalue weighted by Gasteiger charge is 2.47. The van der Waals surface area contributed by atoms with Gasteiger partial charge in [0.15, 0.2) is 0 Å². The first-order valence-electron chi connectivity index (χ1n) is 17.3. The highest BCUT2D eigenvalue weighted by Crippen LogP contribution is 2.43. The average Bonchev–Trinajstić information content (AvgIpc) is 3.74. The zero-order chi connectivity index (χ0) is 33.1. The zero-order valence-corrected chi connectivity index (χ0v) is 28.0. The Kier molecular flexibility index (Phi) is 10.7. The van der Waals surface area contributed by atoms with Crippen molar-refractivity contribution in [3.8, 4) is 5.75 Å². The molecule has 0 aromatic heterocycles. The number of anilines is 1. The second-order valence-electron chi connectivity index (χ2n) is 13.9. The minimum atomic E-state index is -0.766. The quantitative estimate of drug-likeness (QED) is 0.378. The van der Waals surface area contributed by atoms with E-state index in [9.17, 15) is 19.1 Å². The van der Waals surface area contributed by atoms with Gasteiger partial charge in [-0.05, 0) is 80.3 Å². The Morgan fingerprint density at radius 2 is 1.64 bits per heavy atom. The Balaban J connectivity index is 1.24. The average molecular weight is 652 g/mol. The first-order valence-corrected chi connectivity index (χ1v) is 17.3. The third-order valence-electron chi connectivity index (χ3n) is 11.4. The van der Waals surface area contributed by atoms with Gasteiger partial charge in [0.1, 0.15) is 11.6 Å². The number of halogens is 1. The number of hydrogen-bond acceptors (Lipinski definition) is 7. The molecular formula is C37H50FN3O6. The maximum atomic E-state index is 14.8. The number of ether oxygens (including phenoxy) is 3. The van der Waals surface area contributed by atoms with Crippen LogP contribution in [0, 0.1) is 17.7 Å². The van der Waals surface area contributed by atoms with Gasteiger partial charge in [0.2, 0.25) is 5.91 Å². The molecule has 6 rings (SSSR count). The molecule has 0 spiro atoms. The fourth-order valence-corrected chi connectivity index (χ4v) is 8.70. The first-order chi connectivity index (χ1) is 22.8. The van der Waals surface area contributed by atoms with E-state index in [1.54, 1.807) is 27.4 Å². The number of aliphatic carboxylic acids is 1. The maximum absolute atomic E-state index is 14.8. The highest BCUT2D eigenvalue weighted by atomic mass is 19.1. The fraction of sp³-hybridized carbons (Fsp3) is 0.622. The standard InChI is InChI=1S/C37H50FN3O6/c1-45-23-29-18-26(32-13-6-27(38)19-35(32)39-16-14-25(15-17-39)37(43)44)20-41(29)36(42)34-22-40(28-7-11-31(47-3)12-8-28)21-33(34)24-4-9-30(46-2)10-5-24/h4-6,9-10,13,19,25-26,28-29,31,33-34H,7-8,11-12,14-18,20-23H2,1-3H3,(H,43,44)/t26-,28-,29+,31-,33+,34?/m1/s1. The van der Waals surface area contributed by atoms with Gasteiger partial charge in [-0.25, -0.2) is 4.39 Å². The van der Waals surface area contributed by atoms with Crippen molar-refractivity contribution in [3.05, 3.63) is 59.4 Å². The molecule has 1 unspecified atom stereocenters. The van der Waals surface area contributed by atoms with Crippen LogP contribution in [-0.4, -0.2) is 106 Å². The molecule has 1 aliphatic carbocycles. The molecule has 256 valence electrons. The van der Waals surface area contributed by atoms with Crippen LogP contribution >= 0.6 is 0 Å². The van der Waals surface area contributed by atoms with E-state index in [1.807, 2.05) is 23.1 Å². The Morgan fingerprint density at radius 1 is 0.915 bits per heavy atom. The molecule has 2 aromatic rings. The lowest BCUT2D eigenvalue weighted by atomic mass is 9.87. The molecule has 1 amide bonds. The van der Waals surface area contributed by atoms with Gasteiger partial charge in [0.25, 0.3) is 0 Å². The van der Waals surface area contributed by atoms with Crippen LogP contribution in [0.4, 0.5) is 10.1 Å². The highest BCUT2D eigenvalue weighted by molar-refractivity contribution is 5.81. The predicted octanol–water partition coefficient (Wildman–Crippen LogP) is 5.14. The molecule has 1 saturated carbocycles. The number of methoxy groups -OCH3 is 3. The third kappa shape index (κ3) is 7.29. The van der Waals surface area contributed by atoms with Crippen LogP contribution in [0.25, 0.3) is 0 Å². The van der Waals surface area contributed by atoms with Gasteiger partial charge in [-0.15, -0.1) is 0 Å². The fourth-order valence-electron chi connectivity index (χ4n) is 8.70. The van der Waals surface area contributed by atoms with Crippen molar-refractivity contribution in [2.75, 3.05) is 65.6 Å². The smallest absolute Gasteiger partial charge is 0.306 e. The Labute approximate surface area is 277 Å². The number of carboxylic acids is 1. The molecule has 3 saturated heterocycles. The van der Waals surface area contributed by atoms with Crippen molar-refractivity contribution in [1.29, 1.82) is 0 Å². The van der Waals surface area contributed by atoms with Gasteiger partial charge < -0.3 is 29.1 Å².